The molecule has 1 aliphatic heterocycles. The minimum absolute atomic E-state index is 0.0526. The van der Waals surface area contributed by atoms with Gasteiger partial charge in [0.2, 0.25) is 0 Å². The molecule has 1 saturated heterocycles. The van der Waals surface area contributed by atoms with Gasteiger partial charge < -0.3 is 10.1 Å². The average Bonchev–Trinajstić information content (AvgIpc) is 2.28. The van der Waals surface area contributed by atoms with Crippen molar-refractivity contribution in [1.29, 1.82) is 0 Å². The van der Waals surface area contributed by atoms with Gasteiger partial charge in [-0.3, -0.25) is 0 Å². The van der Waals surface area contributed by atoms with Crippen molar-refractivity contribution in [2.75, 3.05) is 13.1 Å². The van der Waals surface area contributed by atoms with Crippen molar-refractivity contribution >= 4 is 0 Å². The highest BCUT2D eigenvalue weighted by Gasteiger charge is 2.29. The van der Waals surface area contributed by atoms with Crippen LogP contribution in [0.1, 0.15) is 37.5 Å². The van der Waals surface area contributed by atoms with Gasteiger partial charge >= 0.3 is 0 Å². The lowest BCUT2D eigenvalue weighted by Crippen LogP contribution is -2.46. The van der Waals surface area contributed by atoms with E-state index in [2.05, 4.69) is 5.32 Å². The van der Waals surface area contributed by atoms with E-state index in [9.17, 15) is 8.78 Å². The van der Waals surface area contributed by atoms with Crippen LogP contribution in [-0.4, -0.2) is 18.7 Å². The Labute approximate surface area is 100.0 Å². The van der Waals surface area contributed by atoms with Crippen molar-refractivity contribution < 1.29 is 13.5 Å². The van der Waals surface area contributed by atoms with Gasteiger partial charge in [-0.15, -0.1) is 0 Å². The van der Waals surface area contributed by atoms with Crippen LogP contribution in [0.15, 0.2) is 24.3 Å². The second-order valence-corrected chi connectivity index (χ2v) is 4.96. The molecule has 0 aliphatic carbocycles. The molecule has 1 unspecified atom stereocenters. The summed E-state index contributed by atoms with van der Waals surface area (Å²) in [5.41, 5.74) is 0.774. The fourth-order valence-electron chi connectivity index (χ4n) is 2.01. The zero-order valence-corrected chi connectivity index (χ0v) is 10.0. The molecule has 0 radical (unpaired) electrons. The van der Waals surface area contributed by atoms with Crippen molar-refractivity contribution in [2.45, 2.75) is 32.0 Å². The predicted molar refractivity (Wildman–Crippen MR) is 62.2 cm³/mol. The highest BCUT2D eigenvalue weighted by molar-refractivity contribution is 5.25. The van der Waals surface area contributed by atoms with Crippen molar-refractivity contribution in [3.63, 3.8) is 0 Å². The fraction of sp³-hybridized carbons (Fsp3) is 0.538. The largest absolute Gasteiger partial charge is 0.365 e. The Morgan fingerprint density at radius 2 is 1.94 bits per heavy atom. The van der Waals surface area contributed by atoms with Gasteiger partial charge in [-0.1, -0.05) is 24.3 Å². The van der Waals surface area contributed by atoms with Gasteiger partial charge in [-0.25, -0.2) is 8.78 Å². The molecule has 17 heavy (non-hydrogen) atoms. The summed E-state index contributed by atoms with van der Waals surface area (Å²) in [5, 5.41) is 3.29. The Hall–Kier alpha value is -1.00. The van der Waals surface area contributed by atoms with E-state index in [1.165, 1.54) is 12.1 Å². The fourth-order valence-corrected chi connectivity index (χ4v) is 2.01. The SMILES string of the molecule is CC1(C)CNCC(c2ccc(C(F)F)cc2)O1. The van der Waals surface area contributed by atoms with E-state index in [0.29, 0.717) is 0 Å². The van der Waals surface area contributed by atoms with E-state index in [1.54, 1.807) is 12.1 Å². The minimum atomic E-state index is -2.41. The highest BCUT2D eigenvalue weighted by Crippen LogP contribution is 2.28. The molecule has 1 aromatic rings. The third-order valence-corrected chi connectivity index (χ3v) is 2.90. The predicted octanol–water partition coefficient (Wildman–Crippen LogP) is 3.06. The zero-order chi connectivity index (χ0) is 12.5. The number of morpholine rings is 1. The van der Waals surface area contributed by atoms with Gasteiger partial charge in [0, 0.05) is 18.7 Å². The molecule has 0 amide bonds. The topological polar surface area (TPSA) is 21.3 Å². The average molecular weight is 241 g/mol. The van der Waals surface area contributed by atoms with Gasteiger partial charge in [-0.05, 0) is 19.4 Å². The zero-order valence-electron chi connectivity index (χ0n) is 10.0. The lowest BCUT2D eigenvalue weighted by atomic mass is 10.0. The Kier molecular flexibility index (Phi) is 3.45. The highest BCUT2D eigenvalue weighted by atomic mass is 19.3. The maximum Gasteiger partial charge on any atom is 0.263 e. The van der Waals surface area contributed by atoms with Crippen LogP contribution in [0.4, 0.5) is 8.78 Å². The van der Waals surface area contributed by atoms with Crippen LogP contribution in [-0.2, 0) is 4.74 Å². The number of hydrogen-bond acceptors (Lipinski definition) is 2. The lowest BCUT2D eigenvalue weighted by Gasteiger charge is -2.36. The number of ether oxygens (including phenoxy) is 1. The Balaban J connectivity index is 2.12. The summed E-state index contributed by atoms with van der Waals surface area (Å²) < 4.78 is 30.8. The van der Waals surface area contributed by atoms with Crippen molar-refractivity contribution in [3.05, 3.63) is 35.4 Å². The van der Waals surface area contributed by atoms with Crippen molar-refractivity contribution in [3.8, 4) is 0 Å². The van der Waals surface area contributed by atoms with Crippen LogP contribution >= 0.6 is 0 Å². The second-order valence-electron chi connectivity index (χ2n) is 4.96. The number of rotatable bonds is 2. The van der Waals surface area contributed by atoms with Gasteiger partial charge in [-0.2, -0.15) is 0 Å². The molecule has 1 aromatic carbocycles. The summed E-state index contributed by atoms with van der Waals surface area (Å²) in [6.07, 6.45) is -2.48. The van der Waals surface area contributed by atoms with Crippen LogP contribution in [0.25, 0.3) is 0 Å². The van der Waals surface area contributed by atoms with E-state index in [4.69, 9.17) is 4.74 Å². The van der Waals surface area contributed by atoms with Crippen molar-refractivity contribution in [2.24, 2.45) is 0 Å². The molecule has 0 saturated carbocycles. The first-order chi connectivity index (χ1) is 7.98. The molecular formula is C13H17F2NO. The number of alkyl halides is 2. The Bertz CT molecular complexity index is 376. The van der Waals surface area contributed by atoms with Gasteiger partial charge in [0.1, 0.15) is 0 Å². The van der Waals surface area contributed by atoms with Crippen LogP contribution in [0.2, 0.25) is 0 Å². The molecule has 2 nitrogen and oxygen atoms in total. The first-order valence-electron chi connectivity index (χ1n) is 5.74. The third kappa shape index (κ3) is 3.01. The molecule has 1 fully saturated rings. The molecule has 0 bridgehead atoms. The molecule has 1 atom stereocenters. The van der Waals surface area contributed by atoms with Crippen molar-refractivity contribution in [1.82, 2.24) is 5.32 Å². The molecule has 2 rings (SSSR count). The summed E-state index contributed by atoms with van der Waals surface area (Å²) >= 11 is 0. The molecule has 4 heteroatoms. The third-order valence-electron chi connectivity index (χ3n) is 2.90. The van der Waals surface area contributed by atoms with Gasteiger partial charge in [0.25, 0.3) is 6.43 Å². The standard InChI is InChI=1S/C13H17F2NO/c1-13(2)8-16-7-11(17-13)9-3-5-10(6-4-9)12(14)15/h3-6,11-12,16H,7-8H2,1-2H3. The maximum absolute atomic E-state index is 12.4. The van der Waals surface area contributed by atoms with Crippen LogP contribution in [0.5, 0.6) is 0 Å². The monoisotopic (exact) mass is 241 g/mol. The molecule has 0 spiro atoms. The van der Waals surface area contributed by atoms with E-state index < -0.39 is 6.43 Å². The van der Waals surface area contributed by atoms with E-state index >= 15 is 0 Å². The quantitative estimate of drug-likeness (QED) is 0.859. The minimum Gasteiger partial charge on any atom is -0.365 e. The summed E-state index contributed by atoms with van der Waals surface area (Å²) in [6.45, 7) is 5.55. The van der Waals surface area contributed by atoms with Gasteiger partial charge in [0.05, 0.1) is 11.7 Å². The smallest absolute Gasteiger partial charge is 0.263 e. The van der Waals surface area contributed by atoms with E-state index in [1.807, 2.05) is 13.8 Å². The molecule has 0 aromatic heterocycles. The second kappa shape index (κ2) is 4.70. The van der Waals surface area contributed by atoms with E-state index in [0.717, 1.165) is 18.7 Å². The molecular weight excluding hydrogens is 224 g/mol. The summed E-state index contributed by atoms with van der Waals surface area (Å²) in [6, 6.07) is 6.36. The molecule has 1 heterocycles. The lowest BCUT2D eigenvalue weighted by molar-refractivity contribution is -0.0958. The number of nitrogens with one attached hydrogen (secondary N) is 1. The van der Waals surface area contributed by atoms with E-state index in [-0.39, 0.29) is 17.3 Å². The number of halogens is 2. The first-order valence-corrected chi connectivity index (χ1v) is 5.74. The first kappa shape index (κ1) is 12.5. The number of benzene rings is 1. The molecule has 94 valence electrons. The molecule has 1 N–H and O–H groups in total. The van der Waals surface area contributed by atoms with Crippen LogP contribution in [0.3, 0.4) is 0 Å². The van der Waals surface area contributed by atoms with Gasteiger partial charge in [0.15, 0.2) is 0 Å². The normalized spacial score (nSPS) is 23.9. The Morgan fingerprint density at radius 1 is 1.29 bits per heavy atom. The number of hydrogen-bond donors (Lipinski definition) is 1. The molecule has 1 aliphatic rings. The van der Waals surface area contributed by atoms with Crippen LogP contribution in [0, 0.1) is 0 Å². The Morgan fingerprint density at radius 3 is 2.47 bits per heavy atom. The summed E-state index contributed by atoms with van der Waals surface area (Å²) in [4.78, 5) is 0. The maximum atomic E-state index is 12.4. The van der Waals surface area contributed by atoms with Crippen LogP contribution < -0.4 is 5.32 Å². The summed E-state index contributed by atoms with van der Waals surface area (Å²) in [7, 11) is 0. The summed E-state index contributed by atoms with van der Waals surface area (Å²) in [5.74, 6) is 0.